The summed E-state index contributed by atoms with van der Waals surface area (Å²) < 4.78 is 30.2. The molecule has 10 heteroatoms. The van der Waals surface area contributed by atoms with Crippen LogP contribution in [0.3, 0.4) is 0 Å². The average molecular weight is 584 g/mol. The van der Waals surface area contributed by atoms with E-state index >= 15 is 0 Å². The zero-order valence-corrected chi connectivity index (χ0v) is 24.3. The second kappa shape index (κ2) is 11.7. The highest BCUT2D eigenvalue weighted by Crippen LogP contribution is 2.27. The summed E-state index contributed by atoms with van der Waals surface area (Å²) in [4.78, 5) is 13.0. The van der Waals surface area contributed by atoms with E-state index in [-0.39, 0.29) is 4.90 Å². The summed E-state index contributed by atoms with van der Waals surface area (Å²) in [5, 5.41) is 5.15. The molecule has 0 unspecified atom stereocenters. The molecule has 0 aliphatic carbocycles. The van der Waals surface area contributed by atoms with Crippen molar-refractivity contribution in [3.05, 3.63) is 111 Å². The number of carbonyl (C=O) groups excluding carboxylic acids is 1. The molecule has 0 saturated heterocycles. The number of nitrogens with one attached hydrogen (secondary N) is 1. The Morgan fingerprint density at radius 3 is 2.15 bits per heavy atom. The van der Waals surface area contributed by atoms with Crippen LogP contribution < -0.4 is 9.73 Å². The fourth-order valence-electron chi connectivity index (χ4n) is 4.45. The van der Waals surface area contributed by atoms with Gasteiger partial charge < -0.3 is 4.57 Å². The second-order valence-electron chi connectivity index (χ2n) is 9.25. The normalized spacial score (nSPS) is 11.6. The molecule has 4 rings (SSSR count). The number of halogens is 2. The number of aryl methyl sites for hydroxylation is 3. The highest BCUT2D eigenvalue weighted by atomic mass is 35.5. The van der Waals surface area contributed by atoms with Crippen molar-refractivity contribution in [2.45, 2.75) is 32.6 Å². The van der Waals surface area contributed by atoms with Crippen molar-refractivity contribution < 1.29 is 13.2 Å². The van der Waals surface area contributed by atoms with E-state index < -0.39 is 22.5 Å². The quantitative estimate of drug-likeness (QED) is 0.194. The number of hydrogen-bond donors (Lipinski definition) is 1. The number of sulfonamides is 1. The summed E-state index contributed by atoms with van der Waals surface area (Å²) in [6.45, 7) is 7.16. The number of hydrogen-bond acceptors (Lipinski definition) is 4. The van der Waals surface area contributed by atoms with Crippen molar-refractivity contribution in [1.29, 1.82) is 0 Å². The fraction of sp³-hybridized carbons (Fsp3) is 0.172. The minimum atomic E-state index is -4.01. The highest BCUT2D eigenvalue weighted by Gasteiger charge is 2.27. The Labute approximate surface area is 238 Å². The first kappa shape index (κ1) is 28.4. The molecule has 1 N–H and O–H groups in total. The fourth-order valence-corrected chi connectivity index (χ4v) is 6.39. The van der Waals surface area contributed by atoms with Gasteiger partial charge in [0.25, 0.3) is 15.9 Å². The molecule has 0 aliphatic heterocycles. The summed E-state index contributed by atoms with van der Waals surface area (Å²) in [5.41, 5.74) is 8.01. The summed E-state index contributed by atoms with van der Waals surface area (Å²) >= 11 is 12.4. The first-order valence-electron chi connectivity index (χ1n) is 12.1. The van der Waals surface area contributed by atoms with Gasteiger partial charge in [-0.15, -0.1) is 0 Å². The molecule has 0 atom stereocenters. The van der Waals surface area contributed by atoms with Gasteiger partial charge in [-0.25, -0.2) is 13.8 Å². The van der Waals surface area contributed by atoms with E-state index in [0.717, 1.165) is 38.1 Å². The van der Waals surface area contributed by atoms with E-state index in [9.17, 15) is 13.2 Å². The monoisotopic (exact) mass is 582 g/mol. The number of hydrazone groups is 1. The first-order chi connectivity index (χ1) is 18.5. The maximum Gasteiger partial charge on any atom is 0.264 e. The lowest BCUT2D eigenvalue weighted by atomic mass is 10.1. The van der Waals surface area contributed by atoms with Gasteiger partial charge in [-0.3, -0.25) is 9.10 Å². The van der Waals surface area contributed by atoms with Crippen LogP contribution in [0.5, 0.6) is 0 Å². The maximum atomic E-state index is 13.5. The number of nitrogens with zero attached hydrogens (tertiary/aromatic N) is 3. The predicted molar refractivity (Wildman–Crippen MR) is 158 cm³/mol. The van der Waals surface area contributed by atoms with Gasteiger partial charge in [0.1, 0.15) is 6.54 Å². The van der Waals surface area contributed by atoms with Gasteiger partial charge in [0.2, 0.25) is 0 Å². The third kappa shape index (κ3) is 6.53. The van der Waals surface area contributed by atoms with Crippen molar-refractivity contribution in [2.24, 2.45) is 5.10 Å². The SMILES string of the molecule is Cc1cc(C)cc(N(CC(=O)N/N=C\c2cc(C)n(-c3cc(Cl)cc(Cl)c3)c2C)S(=O)(=O)c2ccccc2)c1. The molecule has 0 fully saturated rings. The van der Waals surface area contributed by atoms with Crippen LogP contribution >= 0.6 is 23.2 Å². The van der Waals surface area contributed by atoms with Crippen LogP contribution in [0.4, 0.5) is 5.69 Å². The number of rotatable bonds is 8. The Balaban J connectivity index is 1.58. The standard InChI is InChI=1S/C29H28Cl2N4O3S/c1-19-10-20(2)12-26(11-19)34(39(37,38)28-8-6-5-7-9-28)18-29(36)33-32-17-23-13-21(3)35(22(23)4)27-15-24(30)14-25(31)16-27/h5-17H,18H2,1-4H3,(H,33,36)/b32-17-. The zero-order valence-electron chi connectivity index (χ0n) is 21.9. The predicted octanol–water partition coefficient (Wildman–Crippen LogP) is 6.36. The zero-order chi connectivity index (χ0) is 28.3. The molecule has 1 amide bonds. The van der Waals surface area contributed by atoms with Gasteiger partial charge in [0, 0.05) is 32.7 Å². The van der Waals surface area contributed by atoms with Crippen LogP contribution in [0.1, 0.15) is 28.1 Å². The Hall–Kier alpha value is -3.59. The van der Waals surface area contributed by atoms with E-state index in [2.05, 4.69) is 10.5 Å². The lowest BCUT2D eigenvalue weighted by molar-refractivity contribution is -0.119. The maximum absolute atomic E-state index is 13.5. The van der Waals surface area contributed by atoms with E-state index in [1.165, 1.54) is 18.3 Å². The minimum absolute atomic E-state index is 0.0917. The van der Waals surface area contributed by atoms with Crippen molar-refractivity contribution in [3.8, 4) is 5.69 Å². The Morgan fingerprint density at radius 1 is 0.923 bits per heavy atom. The topological polar surface area (TPSA) is 83.8 Å². The van der Waals surface area contributed by atoms with E-state index in [4.69, 9.17) is 23.2 Å². The van der Waals surface area contributed by atoms with E-state index in [1.807, 2.05) is 56.5 Å². The Bertz CT molecular complexity index is 1630. The molecule has 7 nitrogen and oxygen atoms in total. The van der Waals surface area contributed by atoms with Gasteiger partial charge in [-0.05, 0) is 87.4 Å². The molecular formula is C29H28Cl2N4O3S. The van der Waals surface area contributed by atoms with Crippen molar-refractivity contribution in [3.63, 3.8) is 0 Å². The molecule has 0 spiro atoms. The average Bonchev–Trinajstić information content (AvgIpc) is 3.14. The van der Waals surface area contributed by atoms with Crippen molar-refractivity contribution in [2.75, 3.05) is 10.8 Å². The van der Waals surface area contributed by atoms with Crippen LogP contribution in [0, 0.1) is 27.7 Å². The molecule has 0 radical (unpaired) electrons. The summed E-state index contributed by atoms with van der Waals surface area (Å²) in [5.74, 6) is -0.583. The van der Waals surface area contributed by atoms with E-state index in [0.29, 0.717) is 15.7 Å². The number of benzene rings is 3. The third-order valence-corrected chi connectivity index (χ3v) is 8.31. The molecule has 0 bridgehead atoms. The molecule has 4 aromatic rings. The Kier molecular flexibility index (Phi) is 8.49. The van der Waals surface area contributed by atoms with Crippen LogP contribution in [0.2, 0.25) is 10.0 Å². The van der Waals surface area contributed by atoms with Gasteiger partial charge in [0.15, 0.2) is 0 Å². The Morgan fingerprint density at radius 2 is 1.54 bits per heavy atom. The number of amides is 1. The van der Waals surface area contributed by atoms with Gasteiger partial charge >= 0.3 is 0 Å². The molecule has 3 aromatic carbocycles. The van der Waals surface area contributed by atoms with Gasteiger partial charge in [0.05, 0.1) is 16.8 Å². The molecular weight excluding hydrogens is 555 g/mol. The molecule has 0 saturated carbocycles. The van der Waals surface area contributed by atoms with Gasteiger partial charge in [-0.2, -0.15) is 5.10 Å². The smallest absolute Gasteiger partial charge is 0.264 e. The largest absolute Gasteiger partial charge is 0.318 e. The van der Waals surface area contributed by atoms with Gasteiger partial charge in [-0.1, -0.05) is 47.5 Å². The van der Waals surface area contributed by atoms with Crippen LogP contribution in [0.15, 0.2) is 82.8 Å². The highest BCUT2D eigenvalue weighted by molar-refractivity contribution is 7.92. The molecule has 39 heavy (non-hydrogen) atoms. The number of aromatic nitrogens is 1. The van der Waals surface area contributed by atoms with Crippen LogP contribution in [0.25, 0.3) is 5.69 Å². The molecule has 0 aliphatic rings. The first-order valence-corrected chi connectivity index (χ1v) is 14.3. The summed E-state index contributed by atoms with van der Waals surface area (Å²) in [7, 11) is -4.01. The van der Waals surface area contributed by atoms with Crippen molar-refractivity contribution >= 4 is 51.0 Å². The minimum Gasteiger partial charge on any atom is -0.318 e. The summed E-state index contributed by atoms with van der Waals surface area (Å²) in [6.07, 6.45) is 1.52. The number of anilines is 1. The molecule has 202 valence electrons. The molecule has 1 aromatic heterocycles. The van der Waals surface area contributed by atoms with Crippen LogP contribution in [-0.2, 0) is 14.8 Å². The lowest BCUT2D eigenvalue weighted by Crippen LogP contribution is -2.39. The number of carbonyl (C=O) groups is 1. The van der Waals surface area contributed by atoms with E-state index in [1.54, 1.807) is 36.4 Å². The summed E-state index contributed by atoms with van der Waals surface area (Å²) in [6, 6.07) is 20.6. The third-order valence-electron chi connectivity index (χ3n) is 6.08. The van der Waals surface area contributed by atoms with Crippen molar-refractivity contribution in [1.82, 2.24) is 9.99 Å². The van der Waals surface area contributed by atoms with Crippen LogP contribution in [-0.4, -0.2) is 31.7 Å². The molecule has 1 heterocycles. The lowest BCUT2D eigenvalue weighted by Gasteiger charge is -2.24. The second-order valence-corrected chi connectivity index (χ2v) is 12.0.